The Balaban J connectivity index is 3.48. The van der Waals surface area contributed by atoms with Crippen LogP contribution in [-0.2, 0) is 4.79 Å². The summed E-state index contributed by atoms with van der Waals surface area (Å²) in [5.41, 5.74) is 0. The van der Waals surface area contributed by atoms with E-state index in [2.05, 4.69) is 43.5 Å². The zero-order valence-corrected chi connectivity index (χ0v) is 40.6. The van der Waals surface area contributed by atoms with Gasteiger partial charge in [-0.05, 0) is 64.2 Å². The van der Waals surface area contributed by atoms with Gasteiger partial charge in [0.1, 0.15) is 6.10 Å². The van der Waals surface area contributed by atoms with Gasteiger partial charge in [0.05, 0.1) is 18.8 Å². The molecule has 0 aliphatic carbocycles. The van der Waals surface area contributed by atoms with E-state index in [9.17, 15) is 20.1 Å². The molecule has 0 rings (SSSR count). The van der Waals surface area contributed by atoms with Crippen molar-refractivity contribution < 1.29 is 20.1 Å². The zero-order chi connectivity index (χ0) is 43.7. The minimum atomic E-state index is -1.16. The summed E-state index contributed by atoms with van der Waals surface area (Å²) in [5, 5.41) is 33.6. The van der Waals surface area contributed by atoms with Crippen molar-refractivity contribution in [1.29, 1.82) is 0 Å². The van der Waals surface area contributed by atoms with Crippen LogP contribution in [0.3, 0.4) is 0 Å². The van der Waals surface area contributed by atoms with Crippen LogP contribution in [0.4, 0.5) is 0 Å². The van der Waals surface area contributed by atoms with Gasteiger partial charge in [-0.1, -0.05) is 250 Å². The molecule has 0 fully saturated rings. The van der Waals surface area contributed by atoms with Crippen molar-refractivity contribution >= 4 is 5.91 Å². The van der Waals surface area contributed by atoms with Crippen LogP contribution in [0.5, 0.6) is 0 Å². The van der Waals surface area contributed by atoms with E-state index in [1.165, 1.54) is 231 Å². The van der Waals surface area contributed by atoms with E-state index in [0.717, 1.165) is 38.5 Å². The number of carbonyl (C=O) groups excluding carboxylic acids is 1. The standard InChI is InChI=1S/C55H107NO4/c1-3-5-7-9-11-13-15-17-18-19-20-21-22-23-24-25-26-27-28-29-30-31-32-33-34-35-36-38-40-42-44-46-48-50-54(59)56-52(51-57)55(60)53(58)49-47-45-43-41-39-37-16-14-12-10-8-6-4-2/h23-24,41,43,52-53,55,57-58,60H,3-22,25-40,42,44-51H2,1-2H3,(H,56,59)/b24-23-,43-41+. The topological polar surface area (TPSA) is 89.8 Å². The maximum Gasteiger partial charge on any atom is 0.220 e. The minimum Gasteiger partial charge on any atom is -0.394 e. The molecule has 0 heterocycles. The summed E-state index contributed by atoms with van der Waals surface area (Å²) in [6.07, 6.45) is 63.4. The molecule has 0 saturated heterocycles. The van der Waals surface area contributed by atoms with Crippen LogP contribution in [0.15, 0.2) is 24.3 Å². The van der Waals surface area contributed by atoms with Gasteiger partial charge in [-0.15, -0.1) is 0 Å². The number of hydrogen-bond donors (Lipinski definition) is 4. The van der Waals surface area contributed by atoms with Gasteiger partial charge in [0.15, 0.2) is 0 Å². The second-order valence-electron chi connectivity index (χ2n) is 18.8. The predicted octanol–water partition coefficient (Wildman–Crippen LogP) is 16.5. The summed E-state index contributed by atoms with van der Waals surface area (Å²) in [6.45, 7) is 4.18. The van der Waals surface area contributed by atoms with Crippen molar-refractivity contribution in [3.05, 3.63) is 24.3 Å². The molecule has 0 aromatic carbocycles. The first-order chi connectivity index (χ1) is 29.6. The highest BCUT2D eigenvalue weighted by Crippen LogP contribution is 2.17. The van der Waals surface area contributed by atoms with E-state index in [1.807, 2.05) is 0 Å². The van der Waals surface area contributed by atoms with Crippen LogP contribution in [-0.4, -0.2) is 46.1 Å². The average Bonchev–Trinajstić information content (AvgIpc) is 3.25. The number of hydrogen-bond acceptors (Lipinski definition) is 4. The molecule has 0 aliphatic heterocycles. The van der Waals surface area contributed by atoms with Gasteiger partial charge < -0.3 is 20.6 Å². The fourth-order valence-electron chi connectivity index (χ4n) is 8.57. The Kier molecular flexibility index (Phi) is 49.5. The fraction of sp³-hybridized carbons (Fsp3) is 0.909. The molecule has 5 nitrogen and oxygen atoms in total. The minimum absolute atomic E-state index is 0.150. The van der Waals surface area contributed by atoms with Gasteiger partial charge in [-0.25, -0.2) is 0 Å². The molecule has 3 unspecified atom stereocenters. The lowest BCUT2D eigenvalue weighted by Gasteiger charge is -2.26. The van der Waals surface area contributed by atoms with Crippen molar-refractivity contribution in [1.82, 2.24) is 5.32 Å². The molecule has 0 spiro atoms. The molecule has 0 bridgehead atoms. The zero-order valence-electron chi connectivity index (χ0n) is 40.6. The summed E-state index contributed by atoms with van der Waals surface area (Å²) >= 11 is 0. The first kappa shape index (κ1) is 58.8. The molecule has 0 aromatic rings. The third-order valence-electron chi connectivity index (χ3n) is 12.8. The Morgan fingerprint density at radius 1 is 0.400 bits per heavy atom. The van der Waals surface area contributed by atoms with Crippen molar-refractivity contribution in [2.24, 2.45) is 0 Å². The second kappa shape index (κ2) is 50.5. The van der Waals surface area contributed by atoms with Gasteiger partial charge in [-0.2, -0.15) is 0 Å². The lowest BCUT2D eigenvalue weighted by atomic mass is 10.0. The van der Waals surface area contributed by atoms with Crippen molar-refractivity contribution in [3.63, 3.8) is 0 Å². The molecule has 3 atom stereocenters. The molecular formula is C55H107NO4. The largest absolute Gasteiger partial charge is 0.394 e. The molecular weight excluding hydrogens is 739 g/mol. The number of aliphatic hydroxyl groups excluding tert-OH is 3. The summed E-state index contributed by atoms with van der Waals surface area (Å²) in [5.74, 6) is -0.150. The number of allylic oxidation sites excluding steroid dienone is 4. The highest BCUT2D eigenvalue weighted by atomic mass is 16.3. The number of carbonyl (C=O) groups is 1. The smallest absolute Gasteiger partial charge is 0.220 e. The monoisotopic (exact) mass is 846 g/mol. The molecule has 0 aromatic heterocycles. The van der Waals surface area contributed by atoms with Gasteiger partial charge in [0, 0.05) is 6.42 Å². The normalized spacial score (nSPS) is 13.5. The van der Waals surface area contributed by atoms with Crippen LogP contribution >= 0.6 is 0 Å². The Labute approximate surface area is 375 Å². The number of unbranched alkanes of at least 4 members (excludes halogenated alkanes) is 38. The number of rotatable bonds is 50. The van der Waals surface area contributed by atoms with E-state index in [-0.39, 0.29) is 12.5 Å². The molecule has 0 radical (unpaired) electrons. The molecule has 4 N–H and O–H groups in total. The lowest BCUT2D eigenvalue weighted by molar-refractivity contribution is -0.124. The van der Waals surface area contributed by atoms with Crippen LogP contribution in [0, 0.1) is 0 Å². The predicted molar refractivity (Wildman–Crippen MR) is 264 cm³/mol. The van der Waals surface area contributed by atoms with Gasteiger partial charge in [0.25, 0.3) is 0 Å². The first-order valence-electron chi connectivity index (χ1n) is 27.1. The Morgan fingerprint density at radius 2 is 0.667 bits per heavy atom. The summed E-state index contributed by atoms with van der Waals surface area (Å²) in [4.78, 5) is 12.5. The van der Waals surface area contributed by atoms with Crippen molar-refractivity contribution in [2.45, 2.75) is 315 Å². The number of aliphatic hydroxyl groups is 3. The Bertz CT molecular complexity index is 890. The van der Waals surface area contributed by atoms with Crippen molar-refractivity contribution in [2.75, 3.05) is 6.61 Å². The van der Waals surface area contributed by atoms with Gasteiger partial charge in [0.2, 0.25) is 5.91 Å². The van der Waals surface area contributed by atoms with E-state index < -0.39 is 18.2 Å². The number of amides is 1. The molecule has 0 aliphatic rings. The van der Waals surface area contributed by atoms with Crippen LogP contribution in [0.1, 0.15) is 296 Å². The number of nitrogens with one attached hydrogen (secondary N) is 1. The van der Waals surface area contributed by atoms with Crippen LogP contribution in [0.2, 0.25) is 0 Å². The van der Waals surface area contributed by atoms with Crippen LogP contribution < -0.4 is 5.32 Å². The quantitative estimate of drug-likeness (QED) is 0.0363. The van der Waals surface area contributed by atoms with Gasteiger partial charge >= 0.3 is 0 Å². The van der Waals surface area contributed by atoms with E-state index >= 15 is 0 Å². The van der Waals surface area contributed by atoms with E-state index in [4.69, 9.17) is 0 Å². The van der Waals surface area contributed by atoms with Crippen LogP contribution in [0.25, 0.3) is 0 Å². The fourth-order valence-corrected chi connectivity index (χ4v) is 8.57. The highest BCUT2D eigenvalue weighted by Gasteiger charge is 2.26. The molecule has 0 saturated carbocycles. The maximum absolute atomic E-state index is 12.5. The molecule has 60 heavy (non-hydrogen) atoms. The summed E-state index contributed by atoms with van der Waals surface area (Å²) in [6, 6.07) is -0.823. The Hall–Kier alpha value is -1.17. The second-order valence-corrected chi connectivity index (χ2v) is 18.8. The van der Waals surface area contributed by atoms with E-state index in [1.54, 1.807) is 0 Å². The SMILES string of the molecule is CCCCCCCCCC/C=C/CCCC(O)C(O)C(CO)NC(=O)CCCCCCCCCCCCCCCCCCC/C=C\CCCCCCCCCCCCCC. The Morgan fingerprint density at radius 3 is 0.967 bits per heavy atom. The van der Waals surface area contributed by atoms with E-state index in [0.29, 0.717) is 12.8 Å². The van der Waals surface area contributed by atoms with Crippen molar-refractivity contribution in [3.8, 4) is 0 Å². The van der Waals surface area contributed by atoms with Gasteiger partial charge in [-0.3, -0.25) is 4.79 Å². The molecule has 1 amide bonds. The summed E-state index contributed by atoms with van der Waals surface area (Å²) in [7, 11) is 0. The average molecular weight is 846 g/mol. The summed E-state index contributed by atoms with van der Waals surface area (Å²) < 4.78 is 0. The molecule has 356 valence electrons. The first-order valence-corrected chi connectivity index (χ1v) is 27.1. The highest BCUT2D eigenvalue weighted by molar-refractivity contribution is 5.76. The third-order valence-corrected chi connectivity index (χ3v) is 12.8. The lowest BCUT2D eigenvalue weighted by Crippen LogP contribution is -2.50. The maximum atomic E-state index is 12.5. The third kappa shape index (κ3) is 44.9. The molecule has 5 heteroatoms.